The number of nitrogens with one attached hydrogen (secondary N) is 3. The molecule has 10 nitrogen and oxygen atoms in total. The molecule has 0 bridgehead atoms. The standard InChI is InChI=1S/C28H33ClN4O6/c1-13-11-18(38-14(13)2)24(27(3,4)5)31-21-20(22(34)23(21)35)30-17-10-9-16(29)15-12-33(25(36)19(15)17)32-26(37)39-28(6,7)8/h9-11,24,30-31H,12H2,1-8H3,(H,32,37)/t24-/m0/s1. The minimum Gasteiger partial charge on any atom is -0.464 e. The Bertz CT molecular complexity index is 1520. The molecule has 2 heterocycles. The third-order valence-corrected chi connectivity index (χ3v) is 6.80. The molecule has 1 aliphatic rings. The maximum Gasteiger partial charge on any atom is 0.426 e. The fourth-order valence-corrected chi connectivity index (χ4v) is 4.59. The molecule has 1 atom stereocenters. The molecule has 11 heteroatoms. The minimum atomic E-state index is -0.792. The topological polar surface area (TPSA) is 130 Å². The van der Waals surface area contributed by atoms with Crippen molar-refractivity contribution in [3.63, 3.8) is 0 Å². The normalized spacial score (nSPS) is 14.4. The van der Waals surface area contributed by atoms with E-state index < -0.39 is 34.5 Å². The van der Waals surface area contributed by atoms with Crippen molar-refractivity contribution >= 4 is 40.7 Å². The highest BCUT2D eigenvalue weighted by molar-refractivity contribution is 6.32. The van der Waals surface area contributed by atoms with Crippen LogP contribution in [-0.2, 0) is 11.3 Å². The van der Waals surface area contributed by atoms with Gasteiger partial charge in [-0.2, -0.15) is 0 Å². The number of furan rings is 1. The zero-order chi connectivity index (χ0) is 29.0. The lowest BCUT2D eigenvalue weighted by atomic mass is 9.84. The number of fused-ring (bicyclic) bond motifs is 1. The van der Waals surface area contributed by atoms with Crippen LogP contribution in [0, 0.1) is 19.3 Å². The van der Waals surface area contributed by atoms with Crippen LogP contribution in [-0.4, -0.2) is 22.6 Å². The van der Waals surface area contributed by atoms with Crippen LogP contribution in [0.5, 0.6) is 0 Å². The van der Waals surface area contributed by atoms with Crippen molar-refractivity contribution < 1.29 is 18.7 Å². The van der Waals surface area contributed by atoms with Gasteiger partial charge in [-0.25, -0.2) is 15.2 Å². The van der Waals surface area contributed by atoms with Gasteiger partial charge in [-0.15, -0.1) is 0 Å². The molecule has 0 aliphatic carbocycles. The predicted molar refractivity (Wildman–Crippen MR) is 149 cm³/mol. The van der Waals surface area contributed by atoms with E-state index in [2.05, 4.69) is 16.1 Å². The number of carbonyl (C=O) groups is 2. The quantitative estimate of drug-likeness (QED) is 0.340. The van der Waals surface area contributed by atoms with E-state index in [-0.39, 0.29) is 34.6 Å². The van der Waals surface area contributed by atoms with Gasteiger partial charge in [-0.1, -0.05) is 32.4 Å². The van der Waals surface area contributed by atoms with Crippen LogP contribution in [0.25, 0.3) is 0 Å². The number of amides is 2. The van der Waals surface area contributed by atoms with E-state index in [4.69, 9.17) is 20.8 Å². The van der Waals surface area contributed by atoms with Crippen LogP contribution in [0.3, 0.4) is 0 Å². The third kappa shape index (κ3) is 5.52. The summed E-state index contributed by atoms with van der Waals surface area (Å²) in [5.41, 5.74) is 1.96. The minimum absolute atomic E-state index is 0.00207. The molecule has 0 saturated carbocycles. The fraction of sp³-hybridized carbons (Fsp3) is 0.429. The Morgan fingerprint density at radius 2 is 1.69 bits per heavy atom. The van der Waals surface area contributed by atoms with Gasteiger partial charge in [0.25, 0.3) is 16.8 Å². The van der Waals surface area contributed by atoms with E-state index in [1.807, 2.05) is 40.7 Å². The molecule has 0 saturated heterocycles. The van der Waals surface area contributed by atoms with E-state index in [0.29, 0.717) is 16.3 Å². The lowest BCUT2D eigenvalue weighted by molar-refractivity contribution is 0.0302. The molecule has 0 radical (unpaired) electrons. The van der Waals surface area contributed by atoms with Crippen LogP contribution < -0.4 is 26.9 Å². The Kier molecular flexibility index (Phi) is 7.06. The fourth-order valence-electron chi connectivity index (χ4n) is 4.38. The SMILES string of the molecule is Cc1cc([C@H](Nc2c(Nc3ccc(Cl)c4c3C(=O)N(NC(=O)OC(C)(C)C)C4)c(=O)c2=O)C(C)(C)C)oc1C. The Hall–Kier alpha value is -3.79. The van der Waals surface area contributed by atoms with Crippen LogP contribution in [0.4, 0.5) is 21.9 Å². The summed E-state index contributed by atoms with van der Waals surface area (Å²) in [6, 6.07) is 4.63. The van der Waals surface area contributed by atoms with Crippen molar-refractivity contribution in [2.45, 2.75) is 73.6 Å². The summed E-state index contributed by atoms with van der Waals surface area (Å²) in [5.74, 6) is 0.871. The Morgan fingerprint density at radius 1 is 1.05 bits per heavy atom. The number of benzene rings is 1. The van der Waals surface area contributed by atoms with Gasteiger partial charge in [-0.05, 0) is 63.8 Å². The largest absolute Gasteiger partial charge is 0.464 e. The van der Waals surface area contributed by atoms with E-state index >= 15 is 0 Å². The van der Waals surface area contributed by atoms with Crippen LogP contribution in [0.1, 0.15) is 80.6 Å². The molecular formula is C28H33ClN4O6. The molecule has 0 spiro atoms. The first-order valence-electron chi connectivity index (χ1n) is 12.5. The molecule has 3 N–H and O–H groups in total. The van der Waals surface area contributed by atoms with Gasteiger partial charge < -0.3 is 19.8 Å². The number of hydrogen-bond donors (Lipinski definition) is 3. The molecular weight excluding hydrogens is 524 g/mol. The summed E-state index contributed by atoms with van der Waals surface area (Å²) in [4.78, 5) is 50.9. The van der Waals surface area contributed by atoms with Gasteiger partial charge in [-0.3, -0.25) is 14.4 Å². The highest BCUT2D eigenvalue weighted by atomic mass is 35.5. The number of anilines is 3. The van der Waals surface area contributed by atoms with Gasteiger partial charge in [0.05, 0.1) is 23.8 Å². The number of hydrazine groups is 1. The highest BCUT2D eigenvalue weighted by Crippen LogP contribution is 2.40. The molecule has 3 aromatic rings. The molecule has 0 fully saturated rings. The number of aryl methyl sites for hydroxylation is 2. The first kappa shape index (κ1) is 28.2. The van der Waals surface area contributed by atoms with Crippen molar-refractivity contribution in [2.24, 2.45) is 5.41 Å². The summed E-state index contributed by atoms with van der Waals surface area (Å²) in [6.07, 6.45) is -0.792. The number of halogens is 1. The number of carbonyl (C=O) groups excluding carboxylic acids is 2. The average molecular weight is 557 g/mol. The van der Waals surface area contributed by atoms with Gasteiger partial charge in [0, 0.05) is 10.6 Å². The van der Waals surface area contributed by atoms with Crippen molar-refractivity contribution in [3.05, 3.63) is 71.9 Å². The Labute approximate surface area is 231 Å². The zero-order valence-corrected chi connectivity index (χ0v) is 24.0. The summed E-state index contributed by atoms with van der Waals surface area (Å²) in [5, 5.41) is 7.58. The molecule has 4 rings (SSSR count). The smallest absolute Gasteiger partial charge is 0.426 e. The summed E-state index contributed by atoms with van der Waals surface area (Å²) in [6.45, 7) is 14.9. The average Bonchev–Trinajstić information content (AvgIpc) is 3.31. The van der Waals surface area contributed by atoms with Crippen molar-refractivity contribution in [3.8, 4) is 0 Å². The molecule has 2 aromatic carbocycles. The number of ether oxygens (including phenoxy) is 1. The van der Waals surface area contributed by atoms with Crippen LogP contribution in [0.15, 0.2) is 32.2 Å². The number of hydrogen-bond acceptors (Lipinski definition) is 8. The zero-order valence-electron chi connectivity index (χ0n) is 23.3. The highest BCUT2D eigenvalue weighted by Gasteiger charge is 2.36. The molecule has 1 aromatic heterocycles. The molecule has 2 amide bonds. The van der Waals surface area contributed by atoms with E-state index in [1.54, 1.807) is 32.9 Å². The van der Waals surface area contributed by atoms with Gasteiger partial charge in [0.1, 0.15) is 28.5 Å². The second kappa shape index (κ2) is 9.75. The van der Waals surface area contributed by atoms with E-state index in [9.17, 15) is 19.2 Å². The predicted octanol–water partition coefficient (Wildman–Crippen LogP) is 5.48. The lowest BCUT2D eigenvalue weighted by Crippen LogP contribution is -2.44. The van der Waals surface area contributed by atoms with Gasteiger partial charge >= 0.3 is 6.09 Å². The lowest BCUT2D eigenvalue weighted by Gasteiger charge is -2.31. The first-order valence-corrected chi connectivity index (χ1v) is 12.9. The monoisotopic (exact) mass is 556 g/mol. The van der Waals surface area contributed by atoms with Crippen molar-refractivity contribution in [1.29, 1.82) is 0 Å². The molecule has 0 unspecified atom stereocenters. The van der Waals surface area contributed by atoms with Crippen LogP contribution >= 0.6 is 11.6 Å². The molecule has 1 aliphatic heterocycles. The van der Waals surface area contributed by atoms with Crippen molar-refractivity contribution in [2.75, 3.05) is 10.6 Å². The van der Waals surface area contributed by atoms with Crippen molar-refractivity contribution in [1.82, 2.24) is 10.4 Å². The third-order valence-electron chi connectivity index (χ3n) is 6.45. The second-order valence-electron chi connectivity index (χ2n) is 11.8. The molecule has 39 heavy (non-hydrogen) atoms. The first-order chi connectivity index (χ1) is 18.0. The van der Waals surface area contributed by atoms with E-state index in [0.717, 1.165) is 16.3 Å². The number of rotatable bonds is 6. The summed E-state index contributed by atoms with van der Waals surface area (Å²) in [7, 11) is 0. The van der Waals surface area contributed by atoms with Gasteiger partial charge in [0.15, 0.2) is 0 Å². The summed E-state index contributed by atoms with van der Waals surface area (Å²) < 4.78 is 11.2. The maximum atomic E-state index is 13.3. The molecule has 208 valence electrons. The van der Waals surface area contributed by atoms with E-state index in [1.165, 1.54) is 0 Å². The number of nitrogens with zero attached hydrogens (tertiary/aromatic N) is 1. The maximum absolute atomic E-state index is 13.3. The van der Waals surface area contributed by atoms with Gasteiger partial charge in [0.2, 0.25) is 0 Å². The van der Waals surface area contributed by atoms with Crippen LogP contribution in [0.2, 0.25) is 5.02 Å². The second-order valence-corrected chi connectivity index (χ2v) is 12.2. The Morgan fingerprint density at radius 3 is 2.26 bits per heavy atom. The summed E-state index contributed by atoms with van der Waals surface area (Å²) >= 11 is 6.38. The Balaban J connectivity index is 1.64.